The molecule has 0 saturated carbocycles. The van der Waals surface area contributed by atoms with E-state index in [1.807, 2.05) is 24.3 Å². The van der Waals surface area contributed by atoms with E-state index in [9.17, 15) is 4.79 Å². The summed E-state index contributed by atoms with van der Waals surface area (Å²) in [4.78, 5) is 16.9. The molecule has 1 aliphatic rings. The molecule has 0 unspecified atom stereocenters. The Morgan fingerprint density at radius 2 is 1.73 bits per heavy atom. The second kappa shape index (κ2) is 8.83. The number of benzene rings is 2. The molecule has 1 N–H and O–H groups in total. The van der Waals surface area contributed by atoms with Gasteiger partial charge in [0.25, 0.3) is 0 Å². The zero-order valence-corrected chi connectivity index (χ0v) is 15.6. The topological polar surface area (TPSA) is 44.8 Å². The van der Waals surface area contributed by atoms with Gasteiger partial charge in [-0.15, -0.1) is 0 Å². The number of hydrogen-bond acceptors (Lipinski definition) is 4. The molecular weight excluding hydrogens is 326 g/mol. The number of aryl methyl sites for hydroxylation is 1. The molecule has 0 aromatic heterocycles. The highest BCUT2D eigenvalue weighted by atomic mass is 16.5. The monoisotopic (exact) mass is 353 g/mol. The van der Waals surface area contributed by atoms with Crippen LogP contribution in [0.25, 0.3) is 0 Å². The Morgan fingerprint density at radius 3 is 2.38 bits per heavy atom. The number of carbonyl (C=O) groups is 1. The molecule has 26 heavy (non-hydrogen) atoms. The summed E-state index contributed by atoms with van der Waals surface area (Å²) < 4.78 is 5.13. The molecule has 1 amide bonds. The van der Waals surface area contributed by atoms with Gasteiger partial charge in [-0.1, -0.05) is 29.8 Å². The van der Waals surface area contributed by atoms with Crippen LogP contribution in [0.3, 0.4) is 0 Å². The standard InChI is InChI=1S/C21H27N3O2/c1-17-4-3-5-18(14-17)15-23-10-12-24(13-11-23)16-21(25)22-19-6-8-20(26-2)9-7-19/h3-9,14H,10-13,15-16H2,1-2H3,(H,22,25). The lowest BCUT2D eigenvalue weighted by Gasteiger charge is -2.34. The molecule has 2 aromatic carbocycles. The largest absolute Gasteiger partial charge is 0.497 e. The third kappa shape index (κ3) is 5.31. The summed E-state index contributed by atoms with van der Waals surface area (Å²) in [5.41, 5.74) is 3.46. The number of anilines is 1. The minimum absolute atomic E-state index is 0.0299. The molecule has 1 fully saturated rings. The second-order valence-electron chi connectivity index (χ2n) is 6.82. The molecule has 138 valence electrons. The molecule has 0 atom stereocenters. The van der Waals surface area contributed by atoms with Crippen molar-refractivity contribution in [2.24, 2.45) is 0 Å². The molecule has 1 saturated heterocycles. The number of carbonyl (C=O) groups excluding carboxylic acids is 1. The molecule has 0 bridgehead atoms. The van der Waals surface area contributed by atoms with Gasteiger partial charge in [0.1, 0.15) is 5.75 Å². The SMILES string of the molecule is COc1ccc(NC(=O)CN2CCN(Cc3cccc(C)c3)CC2)cc1. The van der Waals surface area contributed by atoms with Gasteiger partial charge in [-0.05, 0) is 36.8 Å². The third-order valence-corrected chi connectivity index (χ3v) is 4.69. The van der Waals surface area contributed by atoms with E-state index in [0.717, 1.165) is 44.2 Å². The van der Waals surface area contributed by atoms with Crippen LogP contribution in [0.15, 0.2) is 48.5 Å². The van der Waals surface area contributed by atoms with Crippen LogP contribution in [0.5, 0.6) is 5.75 Å². The summed E-state index contributed by atoms with van der Waals surface area (Å²) in [7, 11) is 1.63. The Morgan fingerprint density at radius 1 is 1.04 bits per heavy atom. The van der Waals surface area contributed by atoms with Gasteiger partial charge in [-0.25, -0.2) is 0 Å². The van der Waals surface area contributed by atoms with Crippen LogP contribution >= 0.6 is 0 Å². The predicted molar refractivity (Wildman–Crippen MR) is 105 cm³/mol. The van der Waals surface area contributed by atoms with E-state index in [4.69, 9.17) is 4.74 Å². The van der Waals surface area contributed by atoms with Gasteiger partial charge >= 0.3 is 0 Å². The van der Waals surface area contributed by atoms with Crippen LogP contribution in [0, 0.1) is 6.92 Å². The van der Waals surface area contributed by atoms with Crippen molar-refractivity contribution in [3.63, 3.8) is 0 Å². The Kier molecular flexibility index (Phi) is 6.26. The number of nitrogens with one attached hydrogen (secondary N) is 1. The number of piperazine rings is 1. The lowest BCUT2D eigenvalue weighted by atomic mass is 10.1. The van der Waals surface area contributed by atoms with Crippen molar-refractivity contribution in [2.75, 3.05) is 45.2 Å². The third-order valence-electron chi connectivity index (χ3n) is 4.69. The molecule has 1 aliphatic heterocycles. The number of rotatable bonds is 6. The van der Waals surface area contributed by atoms with Crippen molar-refractivity contribution in [3.05, 3.63) is 59.7 Å². The molecule has 1 heterocycles. The van der Waals surface area contributed by atoms with Gasteiger partial charge in [0.2, 0.25) is 5.91 Å². The fraction of sp³-hybridized carbons (Fsp3) is 0.381. The molecular formula is C21H27N3O2. The summed E-state index contributed by atoms with van der Waals surface area (Å²) >= 11 is 0. The van der Waals surface area contributed by atoms with Crippen molar-refractivity contribution in [1.29, 1.82) is 0 Å². The van der Waals surface area contributed by atoms with E-state index in [2.05, 4.69) is 46.3 Å². The van der Waals surface area contributed by atoms with Gasteiger partial charge < -0.3 is 10.1 Å². The van der Waals surface area contributed by atoms with Crippen molar-refractivity contribution in [2.45, 2.75) is 13.5 Å². The number of nitrogens with zero attached hydrogens (tertiary/aromatic N) is 2. The molecule has 0 spiro atoms. The van der Waals surface area contributed by atoms with Crippen molar-refractivity contribution in [3.8, 4) is 5.75 Å². The Labute approximate surface area is 155 Å². The summed E-state index contributed by atoms with van der Waals surface area (Å²) in [6.45, 7) is 7.36. The minimum Gasteiger partial charge on any atom is -0.497 e. The van der Waals surface area contributed by atoms with Crippen molar-refractivity contribution < 1.29 is 9.53 Å². The van der Waals surface area contributed by atoms with Crippen LogP contribution in [0.1, 0.15) is 11.1 Å². The van der Waals surface area contributed by atoms with Crippen molar-refractivity contribution >= 4 is 11.6 Å². The van der Waals surface area contributed by atoms with E-state index in [-0.39, 0.29) is 5.91 Å². The van der Waals surface area contributed by atoms with E-state index in [0.29, 0.717) is 6.54 Å². The molecule has 0 radical (unpaired) electrons. The first-order valence-corrected chi connectivity index (χ1v) is 9.06. The van der Waals surface area contributed by atoms with Gasteiger partial charge in [-0.3, -0.25) is 14.6 Å². The summed E-state index contributed by atoms with van der Waals surface area (Å²) in [6, 6.07) is 16.1. The van der Waals surface area contributed by atoms with Gasteiger partial charge in [0.15, 0.2) is 0 Å². The Balaban J connectivity index is 1.42. The second-order valence-corrected chi connectivity index (χ2v) is 6.82. The highest BCUT2D eigenvalue weighted by Gasteiger charge is 2.19. The average molecular weight is 353 g/mol. The van der Waals surface area contributed by atoms with E-state index < -0.39 is 0 Å². The lowest BCUT2D eigenvalue weighted by Crippen LogP contribution is -2.48. The molecule has 5 heteroatoms. The smallest absolute Gasteiger partial charge is 0.238 e. The van der Waals surface area contributed by atoms with Crippen LogP contribution in [0.4, 0.5) is 5.69 Å². The molecule has 3 rings (SSSR count). The predicted octanol–water partition coefficient (Wildman–Crippen LogP) is 2.76. The molecule has 5 nitrogen and oxygen atoms in total. The highest BCUT2D eigenvalue weighted by molar-refractivity contribution is 5.92. The summed E-state index contributed by atoms with van der Waals surface area (Å²) in [5, 5.41) is 2.95. The van der Waals surface area contributed by atoms with Crippen LogP contribution < -0.4 is 10.1 Å². The van der Waals surface area contributed by atoms with Gasteiger partial charge in [0, 0.05) is 38.4 Å². The normalized spacial score (nSPS) is 15.6. The minimum atomic E-state index is 0.0299. The van der Waals surface area contributed by atoms with Gasteiger partial charge in [-0.2, -0.15) is 0 Å². The highest BCUT2D eigenvalue weighted by Crippen LogP contribution is 2.15. The summed E-state index contributed by atoms with van der Waals surface area (Å²) in [5.74, 6) is 0.815. The zero-order chi connectivity index (χ0) is 18.4. The lowest BCUT2D eigenvalue weighted by molar-refractivity contribution is -0.117. The Bertz CT molecular complexity index is 722. The number of ether oxygens (including phenoxy) is 1. The quantitative estimate of drug-likeness (QED) is 0.867. The fourth-order valence-electron chi connectivity index (χ4n) is 3.25. The van der Waals surface area contributed by atoms with E-state index >= 15 is 0 Å². The number of methoxy groups -OCH3 is 1. The van der Waals surface area contributed by atoms with Crippen LogP contribution in [-0.2, 0) is 11.3 Å². The van der Waals surface area contributed by atoms with Crippen LogP contribution in [0.2, 0.25) is 0 Å². The van der Waals surface area contributed by atoms with Crippen LogP contribution in [-0.4, -0.2) is 55.5 Å². The van der Waals surface area contributed by atoms with E-state index in [1.165, 1.54) is 11.1 Å². The first-order chi connectivity index (χ1) is 12.6. The molecule has 2 aromatic rings. The average Bonchev–Trinajstić information content (AvgIpc) is 2.64. The number of hydrogen-bond donors (Lipinski definition) is 1. The maximum absolute atomic E-state index is 12.2. The van der Waals surface area contributed by atoms with Crippen molar-refractivity contribution in [1.82, 2.24) is 9.80 Å². The van der Waals surface area contributed by atoms with E-state index in [1.54, 1.807) is 7.11 Å². The summed E-state index contributed by atoms with van der Waals surface area (Å²) in [6.07, 6.45) is 0. The van der Waals surface area contributed by atoms with Gasteiger partial charge in [0.05, 0.1) is 13.7 Å². The fourth-order valence-corrected chi connectivity index (χ4v) is 3.25. The Hall–Kier alpha value is -2.37. The maximum atomic E-state index is 12.2. The molecule has 0 aliphatic carbocycles. The number of amides is 1. The first-order valence-electron chi connectivity index (χ1n) is 9.06. The first kappa shape index (κ1) is 18.4. The zero-order valence-electron chi connectivity index (χ0n) is 15.6. The maximum Gasteiger partial charge on any atom is 0.238 e.